The van der Waals surface area contributed by atoms with Gasteiger partial charge in [0.2, 0.25) is 0 Å². The van der Waals surface area contributed by atoms with Crippen LogP contribution in [-0.4, -0.2) is 45.0 Å². The molecule has 0 spiro atoms. The van der Waals surface area contributed by atoms with Crippen molar-refractivity contribution < 1.29 is 18.0 Å². The van der Waals surface area contributed by atoms with Gasteiger partial charge in [-0.15, -0.1) is 5.10 Å². The highest BCUT2D eigenvalue weighted by molar-refractivity contribution is 9.09. The second-order valence-electron chi connectivity index (χ2n) is 3.22. The largest absolute Gasteiger partial charge is 0.406 e. The number of halogens is 4. The van der Waals surface area contributed by atoms with Gasteiger partial charge in [0.25, 0.3) is 5.91 Å². The molecule has 0 fully saturated rings. The van der Waals surface area contributed by atoms with E-state index in [1.165, 1.54) is 6.92 Å². The van der Waals surface area contributed by atoms with Gasteiger partial charge in [-0.1, -0.05) is 20.4 Å². The van der Waals surface area contributed by atoms with Gasteiger partial charge in [-0.25, -0.2) is 0 Å². The average Bonchev–Trinajstić information content (AvgIpc) is 2.61. The summed E-state index contributed by atoms with van der Waals surface area (Å²) in [6, 6.07) is 0. The maximum absolute atomic E-state index is 12.3. The van der Waals surface area contributed by atoms with E-state index in [1.807, 2.05) is 0 Å². The lowest BCUT2D eigenvalue weighted by atomic mass is 10.3. The van der Waals surface area contributed by atoms with Crippen molar-refractivity contribution in [1.29, 1.82) is 0 Å². The molecule has 0 radical (unpaired) electrons. The Morgan fingerprint density at radius 2 is 2.18 bits per heavy atom. The first-order valence-corrected chi connectivity index (χ1v) is 6.45. The van der Waals surface area contributed by atoms with Crippen LogP contribution in [0, 0.1) is 6.92 Å². The van der Waals surface area contributed by atoms with Crippen molar-refractivity contribution in [2.75, 3.05) is 18.4 Å². The highest BCUT2D eigenvalue weighted by atomic mass is 79.9. The number of aromatic nitrogens is 2. The Labute approximate surface area is 108 Å². The van der Waals surface area contributed by atoms with E-state index >= 15 is 0 Å². The molecule has 4 nitrogen and oxygen atoms in total. The molecule has 1 rings (SSSR count). The second kappa shape index (κ2) is 5.76. The zero-order valence-electron chi connectivity index (χ0n) is 8.79. The molecule has 1 amide bonds. The van der Waals surface area contributed by atoms with Gasteiger partial charge in [0.05, 0.1) is 5.69 Å². The summed E-state index contributed by atoms with van der Waals surface area (Å²) in [7, 11) is 0. The van der Waals surface area contributed by atoms with E-state index in [9.17, 15) is 18.0 Å². The summed E-state index contributed by atoms with van der Waals surface area (Å²) in [5.41, 5.74) is 0.349. The minimum Gasteiger partial charge on any atom is -0.328 e. The third-order valence-electron chi connectivity index (χ3n) is 1.86. The fraction of sp³-hybridized carbons (Fsp3) is 0.625. The van der Waals surface area contributed by atoms with Crippen LogP contribution in [0.4, 0.5) is 13.2 Å². The summed E-state index contributed by atoms with van der Waals surface area (Å²) in [6.45, 7) is 0.251. The zero-order chi connectivity index (χ0) is 13.1. The minimum absolute atomic E-state index is 0.0182. The van der Waals surface area contributed by atoms with Crippen molar-refractivity contribution in [3.05, 3.63) is 10.6 Å². The van der Waals surface area contributed by atoms with Crippen LogP contribution in [0.5, 0.6) is 0 Å². The molecule has 1 aromatic heterocycles. The van der Waals surface area contributed by atoms with Crippen molar-refractivity contribution in [1.82, 2.24) is 14.5 Å². The van der Waals surface area contributed by atoms with Gasteiger partial charge in [0.1, 0.15) is 11.4 Å². The number of alkyl halides is 4. The summed E-state index contributed by atoms with van der Waals surface area (Å²) >= 11 is 3.82. The minimum atomic E-state index is -4.41. The number of carbonyl (C=O) groups excluding carboxylic acids is 1. The highest BCUT2D eigenvalue weighted by Crippen LogP contribution is 2.20. The maximum Gasteiger partial charge on any atom is 0.406 e. The van der Waals surface area contributed by atoms with Crippen LogP contribution in [0.25, 0.3) is 0 Å². The van der Waals surface area contributed by atoms with Gasteiger partial charge in [0, 0.05) is 11.9 Å². The summed E-state index contributed by atoms with van der Waals surface area (Å²) in [5.74, 6) is -0.686. The van der Waals surface area contributed by atoms with Gasteiger partial charge in [-0.3, -0.25) is 4.79 Å². The number of amides is 1. The number of nitrogens with zero attached hydrogens (tertiary/aromatic N) is 3. The van der Waals surface area contributed by atoms with Crippen LogP contribution >= 0.6 is 27.5 Å². The van der Waals surface area contributed by atoms with E-state index in [4.69, 9.17) is 0 Å². The number of carbonyl (C=O) groups is 1. The van der Waals surface area contributed by atoms with Crippen LogP contribution in [0.2, 0.25) is 0 Å². The van der Waals surface area contributed by atoms with E-state index in [2.05, 4.69) is 25.5 Å². The molecule has 9 heteroatoms. The highest BCUT2D eigenvalue weighted by Gasteiger charge is 2.34. The Kier molecular flexibility index (Phi) is 4.87. The lowest BCUT2D eigenvalue weighted by Crippen LogP contribution is -2.40. The molecular formula is C8H9BrF3N3OS. The molecule has 0 aliphatic heterocycles. The van der Waals surface area contributed by atoms with Crippen molar-refractivity contribution in [2.24, 2.45) is 0 Å². The molecule has 0 saturated carbocycles. The van der Waals surface area contributed by atoms with Crippen LogP contribution < -0.4 is 0 Å². The molecule has 0 bridgehead atoms. The molecule has 0 aliphatic carbocycles. The Morgan fingerprint density at radius 3 is 2.59 bits per heavy atom. The Hall–Kier alpha value is -0.700. The molecule has 1 aromatic rings. The van der Waals surface area contributed by atoms with E-state index in [1.54, 1.807) is 0 Å². The predicted molar refractivity (Wildman–Crippen MR) is 60.4 cm³/mol. The molecule has 0 unspecified atom stereocenters. The number of hydrogen-bond donors (Lipinski definition) is 0. The predicted octanol–water partition coefficient (Wildman–Crippen LogP) is 2.25. The Morgan fingerprint density at radius 1 is 1.53 bits per heavy atom. The third kappa shape index (κ3) is 4.23. The number of aryl methyl sites for hydroxylation is 1. The summed E-state index contributed by atoms with van der Waals surface area (Å²) < 4.78 is 40.4. The molecule has 17 heavy (non-hydrogen) atoms. The van der Waals surface area contributed by atoms with Crippen molar-refractivity contribution in [3.63, 3.8) is 0 Å². The molecule has 0 aliphatic rings. The quantitative estimate of drug-likeness (QED) is 0.795. The van der Waals surface area contributed by atoms with Crippen LogP contribution in [0.3, 0.4) is 0 Å². The first kappa shape index (κ1) is 14.4. The topological polar surface area (TPSA) is 46.1 Å². The Bertz CT molecular complexity index is 396. The normalized spacial score (nSPS) is 11.6. The van der Waals surface area contributed by atoms with Gasteiger partial charge < -0.3 is 4.90 Å². The fourth-order valence-electron chi connectivity index (χ4n) is 1.14. The number of rotatable bonds is 4. The van der Waals surface area contributed by atoms with Crippen molar-refractivity contribution in [3.8, 4) is 0 Å². The van der Waals surface area contributed by atoms with Gasteiger partial charge in [-0.2, -0.15) is 13.2 Å². The monoisotopic (exact) mass is 331 g/mol. The van der Waals surface area contributed by atoms with E-state index in [0.29, 0.717) is 5.69 Å². The summed E-state index contributed by atoms with van der Waals surface area (Å²) in [5, 5.41) is 3.88. The molecule has 0 saturated heterocycles. The van der Waals surface area contributed by atoms with Crippen LogP contribution in [0.15, 0.2) is 0 Å². The number of hydrogen-bond acceptors (Lipinski definition) is 4. The summed E-state index contributed by atoms with van der Waals surface area (Å²) in [4.78, 5) is 12.7. The van der Waals surface area contributed by atoms with Gasteiger partial charge in [0.15, 0.2) is 0 Å². The van der Waals surface area contributed by atoms with Gasteiger partial charge >= 0.3 is 6.18 Å². The first-order valence-electron chi connectivity index (χ1n) is 4.56. The third-order valence-corrected chi connectivity index (χ3v) is 3.03. The molecule has 1 heterocycles. The van der Waals surface area contributed by atoms with Gasteiger partial charge in [-0.05, 0) is 18.5 Å². The van der Waals surface area contributed by atoms with Crippen LogP contribution in [0.1, 0.15) is 15.4 Å². The molecular weight excluding hydrogens is 323 g/mol. The molecule has 0 N–H and O–H groups in total. The van der Waals surface area contributed by atoms with Crippen molar-refractivity contribution >= 4 is 33.4 Å². The molecule has 96 valence electrons. The lowest BCUT2D eigenvalue weighted by Gasteiger charge is -2.22. The molecule has 0 atom stereocenters. The molecule has 0 aromatic carbocycles. The Balaban J connectivity index is 2.84. The first-order chi connectivity index (χ1) is 7.85. The smallest absolute Gasteiger partial charge is 0.328 e. The fourth-order valence-corrected chi connectivity index (χ4v) is 2.20. The maximum atomic E-state index is 12.3. The van der Waals surface area contributed by atoms with E-state index in [0.717, 1.165) is 16.4 Å². The zero-order valence-corrected chi connectivity index (χ0v) is 11.2. The summed E-state index contributed by atoms with van der Waals surface area (Å²) in [6.07, 6.45) is -4.41. The lowest BCUT2D eigenvalue weighted by molar-refractivity contribution is -0.140. The van der Waals surface area contributed by atoms with E-state index < -0.39 is 18.6 Å². The second-order valence-corrected chi connectivity index (χ2v) is 4.77. The standard InChI is InChI=1S/C8H9BrF3N3OS/c1-5-6(17-14-13-5)7(16)15(3-2-9)4-8(10,11)12/h2-4H2,1H3. The van der Waals surface area contributed by atoms with Crippen molar-refractivity contribution in [2.45, 2.75) is 13.1 Å². The SMILES string of the molecule is Cc1nnsc1C(=O)N(CCBr)CC(F)(F)F. The van der Waals surface area contributed by atoms with E-state index in [-0.39, 0.29) is 16.8 Å². The van der Waals surface area contributed by atoms with Crippen LogP contribution in [-0.2, 0) is 0 Å². The average molecular weight is 332 g/mol.